The van der Waals surface area contributed by atoms with Gasteiger partial charge in [0.25, 0.3) is 0 Å². The van der Waals surface area contributed by atoms with Crippen LogP contribution in [0.3, 0.4) is 0 Å². The maximum absolute atomic E-state index is 6.09. The number of furan rings is 1. The van der Waals surface area contributed by atoms with Crippen molar-refractivity contribution in [2.75, 3.05) is 0 Å². The summed E-state index contributed by atoms with van der Waals surface area (Å²) in [7, 11) is 0. The number of hydrogen-bond donors (Lipinski definition) is 0. The first-order valence-electron chi connectivity index (χ1n) is 14.3. The van der Waals surface area contributed by atoms with Crippen molar-refractivity contribution in [3.05, 3.63) is 133 Å². The second-order valence-corrected chi connectivity index (χ2v) is 11.2. The lowest BCUT2D eigenvalue weighted by atomic mass is 10.0. The number of aromatic nitrogens is 2. The minimum Gasteiger partial charge on any atom is -0.456 e. The van der Waals surface area contributed by atoms with Gasteiger partial charge in [0, 0.05) is 32.5 Å². The molecule has 1 aliphatic rings. The minimum atomic E-state index is 0.915. The number of para-hydroxylation sites is 2. The minimum absolute atomic E-state index is 0.915. The molecular weight excluding hydrogens is 512 g/mol. The predicted molar refractivity (Wildman–Crippen MR) is 173 cm³/mol. The van der Waals surface area contributed by atoms with Crippen LogP contribution < -0.4 is 0 Å². The van der Waals surface area contributed by atoms with Gasteiger partial charge in [-0.2, -0.15) is 0 Å². The Kier molecular flexibility index (Phi) is 4.18. The van der Waals surface area contributed by atoms with Gasteiger partial charge in [-0.15, -0.1) is 0 Å². The molecule has 194 valence electrons. The van der Waals surface area contributed by atoms with Gasteiger partial charge in [0.1, 0.15) is 17.0 Å². The van der Waals surface area contributed by atoms with Gasteiger partial charge in [0.05, 0.1) is 16.7 Å². The molecule has 0 N–H and O–H groups in total. The maximum atomic E-state index is 6.09. The summed E-state index contributed by atoms with van der Waals surface area (Å²) in [6.07, 6.45) is 0. The van der Waals surface area contributed by atoms with Crippen molar-refractivity contribution in [3.63, 3.8) is 0 Å². The number of pyridine rings is 1. The molecule has 0 radical (unpaired) electrons. The molecule has 10 rings (SSSR count). The van der Waals surface area contributed by atoms with Crippen LogP contribution in [-0.4, -0.2) is 9.55 Å². The second kappa shape index (κ2) is 7.96. The molecule has 9 aromatic rings. The number of rotatable bonds is 2. The monoisotopic (exact) mass is 534 g/mol. The normalized spacial score (nSPS) is 12.3. The van der Waals surface area contributed by atoms with Crippen LogP contribution >= 0.6 is 0 Å². The first-order valence-corrected chi connectivity index (χ1v) is 14.3. The molecule has 0 spiro atoms. The van der Waals surface area contributed by atoms with E-state index < -0.39 is 0 Å². The zero-order valence-electron chi connectivity index (χ0n) is 22.5. The van der Waals surface area contributed by atoms with E-state index in [9.17, 15) is 0 Å². The Balaban J connectivity index is 1.22. The van der Waals surface area contributed by atoms with Crippen molar-refractivity contribution in [1.29, 1.82) is 0 Å². The van der Waals surface area contributed by atoms with Crippen molar-refractivity contribution >= 4 is 54.5 Å². The van der Waals surface area contributed by atoms with Gasteiger partial charge in [0.15, 0.2) is 0 Å². The van der Waals surface area contributed by atoms with Gasteiger partial charge in [-0.25, -0.2) is 4.98 Å². The maximum Gasteiger partial charge on any atom is 0.138 e. The highest BCUT2D eigenvalue weighted by molar-refractivity contribution is 6.15. The highest BCUT2D eigenvalue weighted by Gasteiger charge is 2.24. The van der Waals surface area contributed by atoms with Crippen molar-refractivity contribution in [2.45, 2.75) is 0 Å². The number of nitrogens with zero attached hydrogens (tertiary/aromatic N) is 2. The van der Waals surface area contributed by atoms with Gasteiger partial charge in [-0.3, -0.25) is 4.57 Å². The average molecular weight is 535 g/mol. The van der Waals surface area contributed by atoms with Crippen LogP contribution in [-0.2, 0) is 0 Å². The van der Waals surface area contributed by atoms with Gasteiger partial charge in [-0.05, 0) is 70.1 Å². The SMILES string of the molecule is c1ccc2c(c1)-c1cccc3cc(-n4c5ccccc5c5cc(-c6ccc7oc8ccccc8c7c6)ccc54)nc-2c13. The Hall–Kier alpha value is -5.67. The topological polar surface area (TPSA) is 31.0 Å². The fourth-order valence-electron chi connectivity index (χ4n) is 7.06. The van der Waals surface area contributed by atoms with E-state index in [1.54, 1.807) is 0 Å². The zero-order valence-corrected chi connectivity index (χ0v) is 22.5. The van der Waals surface area contributed by atoms with Crippen LogP contribution in [0.1, 0.15) is 0 Å². The van der Waals surface area contributed by atoms with E-state index in [1.807, 2.05) is 12.1 Å². The average Bonchev–Trinajstić information content (AvgIpc) is 3.69. The Morgan fingerprint density at radius 1 is 0.476 bits per heavy atom. The molecule has 6 aromatic carbocycles. The molecule has 0 unspecified atom stereocenters. The highest BCUT2D eigenvalue weighted by atomic mass is 16.3. The predicted octanol–water partition coefficient (Wildman–Crippen LogP) is 10.5. The van der Waals surface area contributed by atoms with Crippen molar-refractivity contribution in [2.24, 2.45) is 0 Å². The highest BCUT2D eigenvalue weighted by Crippen LogP contribution is 2.47. The molecule has 0 aliphatic heterocycles. The molecule has 0 bridgehead atoms. The Labute approximate surface area is 240 Å². The number of benzene rings is 6. The van der Waals surface area contributed by atoms with Gasteiger partial charge >= 0.3 is 0 Å². The van der Waals surface area contributed by atoms with Crippen LogP contribution in [0.5, 0.6) is 0 Å². The molecule has 0 saturated carbocycles. The Morgan fingerprint density at radius 2 is 1.17 bits per heavy atom. The van der Waals surface area contributed by atoms with E-state index in [0.29, 0.717) is 0 Å². The molecule has 3 aromatic heterocycles. The summed E-state index contributed by atoms with van der Waals surface area (Å²) >= 11 is 0. The van der Waals surface area contributed by atoms with Crippen LogP contribution in [0.2, 0.25) is 0 Å². The summed E-state index contributed by atoms with van der Waals surface area (Å²) < 4.78 is 8.41. The second-order valence-electron chi connectivity index (χ2n) is 11.2. The molecule has 0 saturated heterocycles. The summed E-state index contributed by atoms with van der Waals surface area (Å²) in [5, 5.41) is 7.18. The Morgan fingerprint density at radius 3 is 2.10 bits per heavy atom. The van der Waals surface area contributed by atoms with Crippen LogP contribution in [0.4, 0.5) is 0 Å². The van der Waals surface area contributed by atoms with Gasteiger partial charge in [-0.1, -0.05) is 91.0 Å². The molecule has 3 nitrogen and oxygen atoms in total. The lowest BCUT2D eigenvalue weighted by Gasteiger charge is -2.11. The molecule has 0 amide bonds. The van der Waals surface area contributed by atoms with E-state index in [-0.39, 0.29) is 0 Å². The number of fused-ring (bicyclic) bond motifs is 9. The summed E-state index contributed by atoms with van der Waals surface area (Å²) in [6.45, 7) is 0. The van der Waals surface area contributed by atoms with E-state index in [0.717, 1.165) is 44.5 Å². The molecule has 3 heteroatoms. The Bertz CT molecular complexity index is 2580. The van der Waals surface area contributed by atoms with Gasteiger partial charge < -0.3 is 4.42 Å². The smallest absolute Gasteiger partial charge is 0.138 e. The summed E-state index contributed by atoms with van der Waals surface area (Å²) in [5.41, 5.74) is 11.3. The molecule has 3 heterocycles. The molecule has 0 atom stereocenters. The van der Waals surface area contributed by atoms with Crippen molar-refractivity contribution in [3.8, 4) is 39.3 Å². The summed E-state index contributed by atoms with van der Waals surface area (Å²) in [6, 6.07) is 47.7. The summed E-state index contributed by atoms with van der Waals surface area (Å²) in [4.78, 5) is 5.35. The number of hydrogen-bond acceptors (Lipinski definition) is 2. The quantitative estimate of drug-likeness (QED) is 0.221. The third-order valence-corrected chi connectivity index (χ3v) is 8.93. The first kappa shape index (κ1) is 22.1. The molecule has 1 aliphatic carbocycles. The van der Waals surface area contributed by atoms with E-state index >= 15 is 0 Å². The van der Waals surface area contributed by atoms with E-state index in [2.05, 4.69) is 126 Å². The van der Waals surface area contributed by atoms with Crippen LogP contribution in [0, 0.1) is 0 Å². The first-order chi connectivity index (χ1) is 20.8. The molecular formula is C39H22N2O. The van der Waals surface area contributed by atoms with E-state index in [4.69, 9.17) is 9.40 Å². The van der Waals surface area contributed by atoms with Crippen molar-refractivity contribution < 1.29 is 4.42 Å². The zero-order chi connectivity index (χ0) is 27.4. The van der Waals surface area contributed by atoms with Crippen LogP contribution in [0.25, 0.3) is 93.8 Å². The van der Waals surface area contributed by atoms with E-state index in [1.165, 1.54) is 49.4 Å². The van der Waals surface area contributed by atoms with Crippen LogP contribution in [0.15, 0.2) is 138 Å². The lowest BCUT2D eigenvalue weighted by Crippen LogP contribution is -1.98. The molecule has 0 fully saturated rings. The third kappa shape index (κ3) is 2.87. The van der Waals surface area contributed by atoms with Gasteiger partial charge in [0.2, 0.25) is 0 Å². The fraction of sp³-hybridized carbons (Fsp3) is 0. The largest absolute Gasteiger partial charge is 0.456 e. The molecule has 42 heavy (non-hydrogen) atoms. The lowest BCUT2D eigenvalue weighted by molar-refractivity contribution is 0.669. The van der Waals surface area contributed by atoms with Crippen molar-refractivity contribution in [1.82, 2.24) is 9.55 Å². The fourth-order valence-corrected chi connectivity index (χ4v) is 7.06. The summed E-state index contributed by atoms with van der Waals surface area (Å²) in [5.74, 6) is 0.941. The standard InChI is InChI=1S/C39H22N2O/c1-2-12-30-26(9-1)29-13-7-8-25-22-37(40-39(30)38(25)29)41-33-14-5-3-10-27(33)31-20-23(16-18-34(31)41)24-17-19-36-32(21-24)28-11-4-6-15-35(28)42-36/h1-22H. The third-order valence-electron chi connectivity index (χ3n) is 8.93.